The molecule has 0 amide bonds. The summed E-state index contributed by atoms with van der Waals surface area (Å²) < 4.78 is 34.1. The molecule has 0 rings (SSSR count). The van der Waals surface area contributed by atoms with Crippen LogP contribution in [0, 0.1) is 0 Å². The van der Waals surface area contributed by atoms with Crippen molar-refractivity contribution >= 4 is 10.4 Å². The van der Waals surface area contributed by atoms with Crippen LogP contribution >= 0.6 is 0 Å². The summed E-state index contributed by atoms with van der Waals surface area (Å²) in [5.74, 6) is 0. The fraction of sp³-hybridized carbons (Fsp3) is 0. The van der Waals surface area contributed by atoms with E-state index in [-0.39, 0.29) is 207 Å². The van der Waals surface area contributed by atoms with Crippen molar-refractivity contribution in [1.29, 1.82) is 0 Å². The first-order valence-electron chi connectivity index (χ1n) is 0.667. The maximum absolute atomic E-state index is 8.52. The zero-order valence-electron chi connectivity index (χ0n) is 9.04. The molecule has 0 spiro atoms. The van der Waals surface area contributed by atoms with Gasteiger partial charge in [0.1, 0.15) is 0 Å². The van der Waals surface area contributed by atoms with Gasteiger partial charge >= 0.3 is 207 Å². The standard InChI is InChI=1S/7Na.H2O4S/c;;;;;;;1-5(2,3)4/h;;;;;;;(H2,1,2,3,4)/q7*+1;/p-2. The van der Waals surface area contributed by atoms with Crippen LogP contribution in [0.5, 0.6) is 0 Å². The van der Waals surface area contributed by atoms with Gasteiger partial charge in [0.15, 0.2) is 0 Å². The second kappa shape index (κ2) is 30.7. The summed E-state index contributed by atoms with van der Waals surface area (Å²) in [5.41, 5.74) is 0. The average Bonchev–Trinajstić information content (AvgIpc) is 0.722. The van der Waals surface area contributed by atoms with E-state index < -0.39 is 10.4 Å². The van der Waals surface area contributed by atoms with Crippen molar-refractivity contribution in [1.82, 2.24) is 0 Å². The van der Waals surface area contributed by atoms with Crippen LogP contribution in [0.25, 0.3) is 0 Å². The van der Waals surface area contributed by atoms with Crippen LogP contribution in [0.15, 0.2) is 0 Å². The Bertz CT molecular complexity index is 98.6. The minimum absolute atomic E-state index is 0. The molecule has 0 unspecified atom stereocenters. The Morgan fingerprint density at radius 2 is 0.583 bits per heavy atom. The molecule has 12 heavy (non-hydrogen) atoms. The van der Waals surface area contributed by atoms with Crippen LogP contribution in [0.3, 0.4) is 0 Å². The zero-order valence-corrected chi connectivity index (χ0v) is 23.9. The van der Waals surface area contributed by atoms with Crippen molar-refractivity contribution in [3.63, 3.8) is 0 Å². The van der Waals surface area contributed by atoms with Crippen LogP contribution in [-0.2, 0) is 10.4 Å². The molecule has 0 atom stereocenters. The Morgan fingerprint density at radius 1 is 0.583 bits per heavy atom. The monoisotopic (exact) mass is 257 g/mol. The molecule has 0 aromatic heterocycles. The largest absolute Gasteiger partial charge is 1.00 e. The van der Waals surface area contributed by atoms with E-state index in [1.165, 1.54) is 0 Å². The molecule has 0 aliphatic rings. The van der Waals surface area contributed by atoms with Crippen molar-refractivity contribution in [2.24, 2.45) is 0 Å². The molecule has 0 aliphatic heterocycles. The van der Waals surface area contributed by atoms with Crippen molar-refractivity contribution < 1.29 is 224 Å². The Balaban J connectivity index is -0.00000000381. The van der Waals surface area contributed by atoms with Crippen molar-refractivity contribution in [2.45, 2.75) is 0 Å². The van der Waals surface area contributed by atoms with Gasteiger partial charge in [-0.1, -0.05) is 0 Å². The summed E-state index contributed by atoms with van der Waals surface area (Å²) in [4.78, 5) is 0. The number of hydrogen-bond acceptors (Lipinski definition) is 4. The Labute approximate surface area is 228 Å². The quantitative estimate of drug-likeness (QED) is 0.245. The zero-order chi connectivity index (χ0) is 4.50. The molecule has 0 saturated carbocycles. The smallest absolute Gasteiger partial charge is 0.759 e. The van der Waals surface area contributed by atoms with Gasteiger partial charge in [0.25, 0.3) is 0 Å². The topological polar surface area (TPSA) is 80.3 Å². The second-order valence-electron chi connectivity index (χ2n) is 0.408. The molecule has 0 radical (unpaired) electrons. The summed E-state index contributed by atoms with van der Waals surface area (Å²) in [6.45, 7) is 0. The van der Waals surface area contributed by atoms with Crippen molar-refractivity contribution in [2.75, 3.05) is 0 Å². The van der Waals surface area contributed by atoms with Gasteiger partial charge < -0.3 is 9.11 Å². The molecule has 0 bridgehead atoms. The Hall–Kier alpha value is 6.87. The molecular weight excluding hydrogens is 257 g/mol. The second-order valence-corrected chi connectivity index (χ2v) is 1.22. The first kappa shape index (κ1) is 51.0. The van der Waals surface area contributed by atoms with Crippen molar-refractivity contribution in [3.05, 3.63) is 0 Å². The van der Waals surface area contributed by atoms with Gasteiger partial charge in [-0.25, -0.2) is 0 Å². The maximum atomic E-state index is 8.52. The van der Waals surface area contributed by atoms with Crippen LogP contribution in [0.1, 0.15) is 0 Å². The molecule has 12 heteroatoms. The van der Waals surface area contributed by atoms with Gasteiger partial charge in [0.2, 0.25) is 0 Å². The van der Waals surface area contributed by atoms with Gasteiger partial charge in [-0.05, 0) is 0 Å². The normalized spacial score (nSPS) is 4.83. The fourth-order valence-corrected chi connectivity index (χ4v) is 0. The SMILES string of the molecule is O=S(=O)([O-])[O-].[Na+].[Na+].[Na+].[Na+].[Na+].[Na+].[Na+]. The number of rotatable bonds is 0. The van der Waals surface area contributed by atoms with Gasteiger partial charge in [0, 0.05) is 10.4 Å². The molecule has 0 aromatic carbocycles. The minimum Gasteiger partial charge on any atom is -0.759 e. The summed E-state index contributed by atoms with van der Waals surface area (Å²) in [6, 6.07) is 0. The predicted octanol–water partition coefficient (Wildman–Crippen LogP) is -22.3. The van der Waals surface area contributed by atoms with E-state index in [4.69, 9.17) is 17.5 Å². The molecular formula is Na7O4S+5. The molecule has 0 fully saturated rings. The maximum Gasteiger partial charge on any atom is 1.00 e. The summed E-state index contributed by atoms with van der Waals surface area (Å²) in [6.07, 6.45) is 0. The molecule has 4 nitrogen and oxygen atoms in total. The van der Waals surface area contributed by atoms with Crippen LogP contribution in [0.4, 0.5) is 0 Å². The molecule has 0 N–H and O–H groups in total. The van der Waals surface area contributed by atoms with E-state index >= 15 is 0 Å². The molecule has 32 valence electrons. The molecule has 0 heterocycles. The number of hydrogen-bond donors (Lipinski definition) is 0. The minimum atomic E-state index is -5.17. The third kappa shape index (κ3) is 90.0. The Kier molecular flexibility index (Phi) is 130. The summed E-state index contributed by atoms with van der Waals surface area (Å²) >= 11 is 0. The summed E-state index contributed by atoms with van der Waals surface area (Å²) in [7, 11) is -5.17. The van der Waals surface area contributed by atoms with Gasteiger partial charge in [-0.15, -0.1) is 0 Å². The predicted molar refractivity (Wildman–Crippen MR) is 10.5 cm³/mol. The van der Waals surface area contributed by atoms with E-state index in [1.54, 1.807) is 0 Å². The van der Waals surface area contributed by atoms with E-state index in [0.29, 0.717) is 0 Å². The summed E-state index contributed by atoms with van der Waals surface area (Å²) in [5, 5.41) is 0. The van der Waals surface area contributed by atoms with Crippen LogP contribution in [-0.4, -0.2) is 17.5 Å². The first-order valence-corrected chi connectivity index (χ1v) is 2.00. The van der Waals surface area contributed by atoms with Gasteiger partial charge in [0.05, 0.1) is 0 Å². The third-order valence-electron chi connectivity index (χ3n) is 0. The van der Waals surface area contributed by atoms with E-state index in [0.717, 1.165) is 0 Å². The first-order chi connectivity index (χ1) is 2.00. The fourth-order valence-electron chi connectivity index (χ4n) is 0. The van der Waals surface area contributed by atoms with Gasteiger partial charge in [-0.3, -0.25) is 8.42 Å². The van der Waals surface area contributed by atoms with E-state index in [2.05, 4.69) is 0 Å². The molecule has 0 aliphatic carbocycles. The molecule has 0 aromatic rings. The van der Waals surface area contributed by atoms with Crippen LogP contribution in [0.2, 0.25) is 0 Å². The average molecular weight is 257 g/mol. The van der Waals surface area contributed by atoms with Crippen LogP contribution < -0.4 is 207 Å². The molecule has 0 saturated heterocycles. The van der Waals surface area contributed by atoms with Gasteiger partial charge in [-0.2, -0.15) is 0 Å². The van der Waals surface area contributed by atoms with E-state index in [1.807, 2.05) is 0 Å². The van der Waals surface area contributed by atoms with Crippen molar-refractivity contribution in [3.8, 4) is 0 Å². The Morgan fingerprint density at radius 3 is 0.583 bits per heavy atom. The van der Waals surface area contributed by atoms with E-state index in [9.17, 15) is 0 Å². The third-order valence-corrected chi connectivity index (χ3v) is 0.